The predicted molar refractivity (Wildman–Crippen MR) is 38.7 cm³/mol. The van der Waals surface area contributed by atoms with E-state index in [9.17, 15) is 9.46 Å². The van der Waals surface area contributed by atoms with E-state index in [0.29, 0.717) is 11.0 Å². The van der Waals surface area contributed by atoms with Crippen molar-refractivity contribution in [3.63, 3.8) is 0 Å². The summed E-state index contributed by atoms with van der Waals surface area (Å²) in [6.45, 7) is 0.549. The first-order chi connectivity index (χ1) is 4.71. The lowest BCUT2D eigenvalue weighted by Gasteiger charge is -2.25. The maximum atomic E-state index is 10.1. The molecule has 11 heavy (non-hydrogen) atoms. The van der Waals surface area contributed by atoms with Crippen molar-refractivity contribution in [1.29, 1.82) is 0 Å². The average molecular weight is 184 g/mol. The van der Waals surface area contributed by atoms with Crippen LogP contribution in [0.4, 0.5) is 0 Å². The van der Waals surface area contributed by atoms with Crippen LogP contribution >= 0.6 is 7.82 Å². The van der Waals surface area contributed by atoms with Gasteiger partial charge in [-0.05, 0) is 0 Å². The zero-order valence-corrected chi connectivity index (χ0v) is 7.88. The molecule has 0 saturated heterocycles. The van der Waals surface area contributed by atoms with Crippen LogP contribution in [0, 0.1) is 0 Å². The highest BCUT2D eigenvalue weighted by molar-refractivity contribution is 7.44. The molecule has 0 aliphatic rings. The van der Waals surface area contributed by atoms with E-state index in [1.807, 2.05) is 21.1 Å². The maximum Gasteiger partial charge on any atom is 0.265 e. The van der Waals surface area contributed by atoms with Gasteiger partial charge >= 0.3 is 0 Å². The first-order valence-electron chi connectivity index (χ1n) is 3.19. The Morgan fingerprint density at radius 1 is 1.55 bits per heavy atom. The Balaban J connectivity index is 3.52. The molecule has 0 fully saturated rings. The van der Waals surface area contributed by atoms with Gasteiger partial charge in [-0.1, -0.05) is 0 Å². The third kappa shape index (κ3) is 10.1. The zero-order chi connectivity index (χ0) is 9.12. The molecule has 0 aliphatic heterocycles. The second kappa shape index (κ2) is 3.65. The van der Waals surface area contributed by atoms with E-state index in [4.69, 9.17) is 4.89 Å². The molecule has 1 N–H and O–H groups in total. The molecule has 1 unspecified atom stereocenters. The topological polar surface area (TPSA) is 69.6 Å². The lowest BCUT2D eigenvalue weighted by atomic mass is 10.5. The molecule has 0 spiro atoms. The molecular weight excluding hydrogens is 170 g/mol. The van der Waals surface area contributed by atoms with Crippen LogP contribution < -0.4 is 4.89 Å². The molecule has 0 aromatic heterocycles. The summed E-state index contributed by atoms with van der Waals surface area (Å²) >= 11 is 0. The van der Waals surface area contributed by atoms with Gasteiger partial charge in [-0.2, -0.15) is 0 Å². The van der Waals surface area contributed by atoms with E-state index in [1.54, 1.807) is 0 Å². The molecule has 0 aromatic rings. The smallest absolute Gasteiger partial charge is 0.265 e. The van der Waals surface area contributed by atoms with E-state index in [-0.39, 0.29) is 6.61 Å². The van der Waals surface area contributed by atoms with Gasteiger partial charge in [-0.25, -0.2) is 0 Å². The van der Waals surface area contributed by atoms with Crippen molar-refractivity contribution >= 4 is 7.82 Å². The van der Waals surface area contributed by atoms with Gasteiger partial charge in [0.15, 0.2) is 0 Å². The fraction of sp³-hybridized carbons (Fsp3) is 1.00. The van der Waals surface area contributed by atoms with E-state index in [2.05, 4.69) is 4.52 Å². The van der Waals surface area contributed by atoms with E-state index in [0.717, 1.165) is 0 Å². The highest BCUT2D eigenvalue weighted by Crippen LogP contribution is 2.29. The lowest BCUT2D eigenvalue weighted by molar-refractivity contribution is -0.870. The molecule has 0 heterocycles. The van der Waals surface area contributed by atoms with E-state index in [1.165, 1.54) is 0 Å². The Kier molecular flexibility index (Phi) is 3.67. The Hall–Kier alpha value is 0.0700. The van der Waals surface area contributed by atoms with Crippen LogP contribution in [-0.4, -0.2) is 43.7 Å². The monoisotopic (exact) mass is 184 g/mol. The van der Waals surface area contributed by atoms with Crippen molar-refractivity contribution in [2.45, 2.75) is 0 Å². The normalized spacial score (nSPS) is 17.9. The van der Waals surface area contributed by atoms with Gasteiger partial charge in [0.05, 0.1) is 21.1 Å². The molecule has 0 rings (SSSR count). The zero-order valence-electron chi connectivity index (χ0n) is 6.98. The Labute approximate surface area is 66.4 Å². The van der Waals surface area contributed by atoms with Crippen LogP contribution in [0.1, 0.15) is 0 Å². The third-order valence-corrected chi connectivity index (χ3v) is 1.53. The van der Waals surface area contributed by atoms with Gasteiger partial charge in [0, 0.05) is 0 Å². The molecule has 1 atom stereocenters. The number of phosphoric acid groups is 1. The van der Waals surface area contributed by atoms with Crippen molar-refractivity contribution in [2.24, 2.45) is 0 Å². The first kappa shape index (κ1) is 11.1. The fourth-order valence-corrected chi connectivity index (χ4v) is 0.742. The van der Waals surface area contributed by atoms with Gasteiger partial charge in [0.1, 0.15) is 13.2 Å². The number of nitrogens with zero attached hydrogens (tertiary/aromatic N) is 1. The van der Waals surface area contributed by atoms with Crippen molar-refractivity contribution in [2.75, 3.05) is 34.3 Å². The van der Waals surface area contributed by atoms with Gasteiger partial charge in [-0.3, -0.25) is 4.57 Å². The van der Waals surface area contributed by atoms with Crippen LogP contribution in [0.25, 0.3) is 0 Å². The van der Waals surface area contributed by atoms with Crippen molar-refractivity contribution in [1.82, 2.24) is 0 Å². The Bertz CT molecular complexity index is 158. The second-order valence-electron chi connectivity index (χ2n) is 3.32. The van der Waals surface area contributed by atoms with Gasteiger partial charge in [0.25, 0.3) is 7.82 Å². The van der Waals surface area contributed by atoms with E-state index >= 15 is 0 Å². The standard InChI is InChI=1S/C5H14NO4P/c1-6(2,3)4-5-10-11(7,8)9/h4-5H2,1-3H3,(H-,7,8,9)/i11+1. The number of quaternary nitrogens is 1. The SMILES string of the molecule is C[N+](C)(C)CCO[32P](=O)([O-])O. The Morgan fingerprint density at radius 2 is 2.00 bits per heavy atom. The largest absolute Gasteiger partial charge is 0.756 e. The van der Waals surface area contributed by atoms with Crippen LogP contribution in [0.3, 0.4) is 0 Å². The minimum absolute atomic E-state index is 0.0147. The summed E-state index contributed by atoms with van der Waals surface area (Å²) in [5.41, 5.74) is 0. The van der Waals surface area contributed by atoms with Crippen LogP contribution in [-0.2, 0) is 9.09 Å². The van der Waals surface area contributed by atoms with Crippen molar-refractivity contribution in [3.05, 3.63) is 0 Å². The summed E-state index contributed by atoms with van der Waals surface area (Å²) in [7, 11) is 1.19. The molecule has 0 aromatic carbocycles. The molecule has 0 bridgehead atoms. The molecule has 0 amide bonds. The molecule has 68 valence electrons. The Morgan fingerprint density at radius 3 is 2.27 bits per heavy atom. The average Bonchev–Trinajstić information content (AvgIpc) is 1.55. The summed E-state index contributed by atoms with van der Waals surface area (Å²) in [5.74, 6) is 0. The third-order valence-electron chi connectivity index (χ3n) is 1.02. The molecular formula is C5H14NO4P. The minimum atomic E-state index is -4.51. The number of rotatable bonds is 4. The summed E-state index contributed by atoms with van der Waals surface area (Å²) in [4.78, 5) is 18.3. The molecule has 0 aliphatic carbocycles. The highest BCUT2D eigenvalue weighted by Gasteiger charge is 2.08. The van der Waals surface area contributed by atoms with Gasteiger partial charge < -0.3 is 18.8 Å². The predicted octanol–water partition coefficient (Wildman–Crippen LogP) is -0.830. The minimum Gasteiger partial charge on any atom is -0.756 e. The summed E-state index contributed by atoms with van der Waals surface area (Å²) in [6, 6.07) is 0. The van der Waals surface area contributed by atoms with Crippen LogP contribution in [0.2, 0.25) is 0 Å². The lowest BCUT2D eigenvalue weighted by Crippen LogP contribution is -2.37. The summed E-state index contributed by atoms with van der Waals surface area (Å²) in [5, 5.41) is 0. The summed E-state index contributed by atoms with van der Waals surface area (Å²) in [6.07, 6.45) is 0. The second-order valence-corrected chi connectivity index (χ2v) is 4.51. The quantitative estimate of drug-likeness (QED) is 0.457. The van der Waals surface area contributed by atoms with Crippen LogP contribution in [0.5, 0.6) is 0 Å². The highest BCUT2D eigenvalue weighted by atomic mass is 32.2. The summed E-state index contributed by atoms with van der Waals surface area (Å²) < 4.78 is 14.8. The van der Waals surface area contributed by atoms with Crippen molar-refractivity contribution < 1.29 is 23.4 Å². The first-order valence-corrected chi connectivity index (χ1v) is 4.69. The molecule has 6 heteroatoms. The number of hydrogen-bond donors (Lipinski definition) is 1. The number of phosphoric ester groups is 1. The van der Waals surface area contributed by atoms with Crippen molar-refractivity contribution in [3.8, 4) is 0 Å². The van der Waals surface area contributed by atoms with E-state index < -0.39 is 7.82 Å². The van der Waals surface area contributed by atoms with Crippen LogP contribution in [0.15, 0.2) is 0 Å². The molecule has 0 saturated carbocycles. The fourth-order valence-electron chi connectivity index (χ4n) is 0.430. The maximum absolute atomic E-state index is 10.1. The molecule has 5 nitrogen and oxygen atoms in total. The molecule has 0 radical (unpaired) electrons. The van der Waals surface area contributed by atoms with Gasteiger partial charge in [0.2, 0.25) is 0 Å². The number of hydrogen-bond acceptors (Lipinski definition) is 3. The number of likely N-dealkylation sites (N-methyl/N-ethyl adjacent to an activating group) is 1. The van der Waals surface area contributed by atoms with Gasteiger partial charge in [-0.15, -0.1) is 0 Å².